The summed E-state index contributed by atoms with van der Waals surface area (Å²) in [5.41, 5.74) is 2.37. The first-order valence-corrected chi connectivity index (χ1v) is 5.75. The zero-order valence-electron chi connectivity index (χ0n) is 10.3. The molecule has 0 atom stereocenters. The minimum absolute atomic E-state index is 0.0279. The Morgan fingerprint density at radius 3 is 2.44 bits per heavy atom. The lowest BCUT2D eigenvalue weighted by Gasteiger charge is -2.06. The Morgan fingerprint density at radius 1 is 1.33 bits per heavy atom. The van der Waals surface area contributed by atoms with Crippen LogP contribution in [0.2, 0.25) is 5.02 Å². The van der Waals surface area contributed by atoms with Crippen molar-refractivity contribution in [2.24, 2.45) is 0 Å². The standard InChI is InChI=1S/C11H13ClN4O2/c1-6-4-9(11(17)18)14-15(6)5-16-8(3)10(12)7(2)13-16/h4H,5H2,1-3H3,(H,17,18). The van der Waals surface area contributed by atoms with Crippen LogP contribution in [0.1, 0.15) is 27.6 Å². The molecule has 0 aliphatic rings. The van der Waals surface area contributed by atoms with Gasteiger partial charge < -0.3 is 5.11 Å². The summed E-state index contributed by atoms with van der Waals surface area (Å²) < 4.78 is 3.28. The maximum absolute atomic E-state index is 10.8. The molecule has 7 heteroatoms. The number of hydrogen-bond donors (Lipinski definition) is 1. The van der Waals surface area contributed by atoms with E-state index < -0.39 is 5.97 Å². The summed E-state index contributed by atoms with van der Waals surface area (Å²) in [5.74, 6) is -1.04. The Hall–Kier alpha value is -1.82. The highest BCUT2D eigenvalue weighted by atomic mass is 35.5. The Balaban J connectivity index is 2.34. The molecule has 2 aromatic rings. The molecule has 0 saturated carbocycles. The van der Waals surface area contributed by atoms with Crippen LogP contribution in [0.5, 0.6) is 0 Å². The quantitative estimate of drug-likeness (QED) is 0.922. The van der Waals surface area contributed by atoms with Crippen molar-refractivity contribution in [2.75, 3.05) is 0 Å². The topological polar surface area (TPSA) is 72.9 Å². The van der Waals surface area contributed by atoms with Crippen molar-refractivity contribution in [1.29, 1.82) is 0 Å². The molecule has 2 heterocycles. The van der Waals surface area contributed by atoms with E-state index in [4.69, 9.17) is 16.7 Å². The van der Waals surface area contributed by atoms with Gasteiger partial charge in [-0.2, -0.15) is 10.2 Å². The third-order valence-corrected chi connectivity index (χ3v) is 3.31. The van der Waals surface area contributed by atoms with Crippen LogP contribution in [0.25, 0.3) is 0 Å². The van der Waals surface area contributed by atoms with Crippen molar-refractivity contribution in [1.82, 2.24) is 19.6 Å². The summed E-state index contributed by atoms with van der Waals surface area (Å²) in [7, 11) is 0. The molecule has 0 aromatic carbocycles. The highest BCUT2D eigenvalue weighted by molar-refractivity contribution is 6.31. The molecule has 0 saturated heterocycles. The first kappa shape index (κ1) is 12.6. The molecule has 1 N–H and O–H groups in total. The Bertz CT molecular complexity index is 615. The largest absolute Gasteiger partial charge is 0.476 e. The monoisotopic (exact) mass is 268 g/mol. The van der Waals surface area contributed by atoms with E-state index in [2.05, 4.69) is 10.2 Å². The van der Waals surface area contributed by atoms with Gasteiger partial charge in [-0.3, -0.25) is 0 Å². The fourth-order valence-electron chi connectivity index (χ4n) is 1.70. The zero-order chi connectivity index (χ0) is 13.4. The average Bonchev–Trinajstić information content (AvgIpc) is 2.77. The molecule has 2 rings (SSSR count). The van der Waals surface area contributed by atoms with E-state index >= 15 is 0 Å². The van der Waals surface area contributed by atoms with Crippen molar-refractivity contribution in [2.45, 2.75) is 27.4 Å². The molecular weight excluding hydrogens is 256 g/mol. The Morgan fingerprint density at radius 2 is 2.00 bits per heavy atom. The molecule has 0 unspecified atom stereocenters. The van der Waals surface area contributed by atoms with E-state index in [1.54, 1.807) is 16.3 Å². The van der Waals surface area contributed by atoms with Crippen LogP contribution in [-0.4, -0.2) is 30.6 Å². The zero-order valence-corrected chi connectivity index (χ0v) is 11.1. The number of hydrogen-bond acceptors (Lipinski definition) is 3. The van der Waals surface area contributed by atoms with Gasteiger partial charge in [0, 0.05) is 5.69 Å². The molecule has 0 spiro atoms. The molecule has 2 aromatic heterocycles. The average molecular weight is 269 g/mol. The highest BCUT2D eigenvalue weighted by Crippen LogP contribution is 2.19. The van der Waals surface area contributed by atoms with Crippen molar-refractivity contribution >= 4 is 17.6 Å². The van der Waals surface area contributed by atoms with Gasteiger partial charge in [0.05, 0.1) is 16.4 Å². The predicted octanol–water partition coefficient (Wildman–Crippen LogP) is 1.86. The van der Waals surface area contributed by atoms with Crippen LogP contribution in [0.15, 0.2) is 6.07 Å². The van der Waals surface area contributed by atoms with Gasteiger partial charge in [0.15, 0.2) is 5.69 Å². The van der Waals surface area contributed by atoms with Crippen molar-refractivity contribution in [3.63, 3.8) is 0 Å². The third kappa shape index (κ3) is 2.11. The molecule has 0 aliphatic carbocycles. The van der Waals surface area contributed by atoms with Gasteiger partial charge in [0.2, 0.25) is 0 Å². The lowest BCUT2D eigenvalue weighted by atomic mass is 10.4. The third-order valence-electron chi connectivity index (χ3n) is 2.76. The van der Waals surface area contributed by atoms with Crippen molar-refractivity contribution in [3.05, 3.63) is 33.9 Å². The van der Waals surface area contributed by atoms with Gasteiger partial charge >= 0.3 is 5.97 Å². The van der Waals surface area contributed by atoms with E-state index in [9.17, 15) is 4.79 Å². The highest BCUT2D eigenvalue weighted by Gasteiger charge is 2.13. The second kappa shape index (κ2) is 4.45. The van der Waals surface area contributed by atoms with Gasteiger partial charge in [0.25, 0.3) is 0 Å². The van der Waals surface area contributed by atoms with E-state index in [0.29, 0.717) is 11.7 Å². The van der Waals surface area contributed by atoms with Crippen LogP contribution in [-0.2, 0) is 6.67 Å². The van der Waals surface area contributed by atoms with Gasteiger partial charge in [-0.05, 0) is 26.8 Å². The number of nitrogens with zero attached hydrogens (tertiary/aromatic N) is 4. The number of carbonyl (C=O) groups is 1. The van der Waals surface area contributed by atoms with Gasteiger partial charge in [-0.25, -0.2) is 14.2 Å². The summed E-state index contributed by atoms with van der Waals surface area (Å²) in [5, 5.41) is 17.8. The number of rotatable bonds is 3. The van der Waals surface area contributed by atoms with E-state index in [1.165, 1.54) is 6.07 Å². The minimum Gasteiger partial charge on any atom is -0.476 e. The maximum atomic E-state index is 10.8. The summed E-state index contributed by atoms with van der Waals surface area (Å²) in [6.45, 7) is 5.83. The van der Waals surface area contributed by atoms with Gasteiger partial charge in [-0.15, -0.1) is 0 Å². The summed E-state index contributed by atoms with van der Waals surface area (Å²) >= 11 is 6.05. The number of aromatic carboxylic acids is 1. The SMILES string of the molecule is Cc1nn(Cn2nc(C(=O)O)cc2C)c(C)c1Cl. The predicted molar refractivity (Wildman–Crippen MR) is 66.0 cm³/mol. The van der Waals surface area contributed by atoms with Crippen LogP contribution < -0.4 is 0 Å². The molecule has 0 fully saturated rings. The molecule has 96 valence electrons. The second-order valence-corrected chi connectivity index (χ2v) is 4.48. The van der Waals surface area contributed by atoms with E-state index in [-0.39, 0.29) is 5.69 Å². The first-order chi connectivity index (χ1) is 8.40. The summed E-state index contributed by atoms with van der Waals surface area (Å²) in [6.07, 6.45) is 0. The first-order valence-electron chi connectivity index (χ1n) is 5.37. The van der Waals surface area contributed by atoms with Crippen LogP contribution >= 0.6 is 11.6 Å². The lowest BCUT2D eigenvalue weighted by molar-refractivity contribution is 0.0689. The number of carboxylic acids is 1. The number of aryl methyl sites for hydroxylation is 2. The fourth-order valence-corrected chi connectivity index (χ4v) is 1.83. The Labute approximate surface area is 109 Å². The molecule has 0 bridgehead atoms. The van der Waals surface area contributed by atoms with Crippen LogP contribution in [0.3, 0.4) is 0 Å². The molecule has 0 amide bonds. The number of halogens is 1. The lowest BCUT2D eigenvalue weighted by Crippen LogP contribution is -2.14. The minimum atomic E-state index is -1.04. The van der Waals surface area contributed by atoms with E-state index in [1.807, 2.05) is 13.8 Å². The summed E-state index contributed by atoms with van der Waals surface area (Å²) in [6, 6.07) is 1.52. The molecule has 0 aliphatic heterocycles. The van der Waals surface area contributed by atoms with E-state index in [0.717, 1.165) is 17.1 Å². The maximum Gasteiger partial charge on any atom is 0.356 e. The molecular formula is C11H13ClN4O2. The molecule has 18 heavy (non-hydrogen) atoms. The normalized spacial score (nSPS) is 10.9. The van der Waals surface area contributed by atoms with Gasteiger partial charge in [-0.1, -0.05) is 11.6 Å². The van der Waals surface area contributed by atoms with Crippen LogP contribution in [0, 0.1) is 20.8 Å². The van der Waals surface area contributed by atoms with Crippen LogP contribution in [0.4, 0.5) is 0 Å². The molecule has 0 radical (unpaired) electrons. The number of carboxylic acid groups (broad SMARTS) is 1. The summed E-state index contributed by atoms with van der Waals surface area (Å²) in [4.78, 5) is 10.8. The van der Waals surface area contributed by atoms with Gasteiger partial charge in [0.1, 0.15) is 6.67 Å². The van der Waals surface area contributed by atoms with Crippen molar-refractivity contribution < 1.29 is 9.90 Å². The molecule has 6 nitrogen and oxygen atoms in total. The smallest absolute Gasteiger partial charge is 0.356 e. The Kier molecular flexibility index (Phi) is 3.13. The fraction of sp³-hybridized carbons (Fsp3) is 0.364. The second-order valence-electron chi connectivity index (χ2n) is 4.10. The number of aromatic nitrogens is 4. The van der Waals surface area contributed by atoms with Crippen molar-refractivity contribution in [3.8, 4) is 0 Å².